The highest BCUT2D eigenvalue weighted by Gasteiger charge is 2.14. The highest BCUT2D eigenvalue weighted by atomic mass is 16.5. The predicted octanol–water partition coefficient (Wildman–Crippen LogP) is -1.35. The van der Waals surface area contributed by atoms with Crippen LogP contribution >= 0.6 is 0 Å². The number of rotatable bonds is 5. The molecule has 0 aliphatic rings. The van der Waals surface area contributed by atoms with E-state index >= 15 is 0 Å². The van der Waals surface area contributed by atoms with Crippen molar-refractivity contribution in [2.75, 3.05) is 13.7 Å². The largest absolute Gasteiger partial charge is 0.394 e. The first kappa shape index (κ1) is 11.6. The summed E-state index contributed by atoms with van der Waals surface area (Å²) in [5.74, 6) is 0. The van der Waals surface area contributed by atoms with Gasteiger partial charge in [0, 0.05) is 7.11 Å². The second-order valence-electron chi connectivity index (χ2n) is 2.95. The third-order valence-electron chi connectivity index (χ3n) is 1.82. The van der Waals surface area contributed by atoms with Gasteiger partial charge in [-0.1, -0.05) is 5.21 Å². The van der Waals surface area contributed by atoms with E-state index in [1.807, 2.05) is 6.07 Å². The van der Waals surface area contributed by atoms with Gasteiger partial charge < -0.3 is 14.9 Å². The maximum absolute atomic E-state index is 9.22. The SMILES string of the molecule is COCc1c(C#N)nnn1CC(O)CO. The first-order valence-electron chi connectivity index (χ1n) is 4.33. The number of hydrogen-bond donors (Lipinski definition) is 2. The molecule has 82 valence electrons. The maximum atomic E-state index is 9.22. The highest BCUT2D eigenvalue weighted by Crippen LogP contribution is 2.06. The number of methoxy groups -OCH3 is 1. The number of ether oxygens (including phenoxy) is 1. The quantitative estimate of drug-likeness (QED) is 0.625. The molecule has 0 saturated carbocycles. The lowest BCUT2D eigenvalue weighted by molar-refractivity contribution is 0.0748. The van der Waals surface area contributed by atoms with Crippen LogP contribution in [0.5, 0.6) is 0 Å². The molecular formula is C8H12N4O3. The Kier molecular flexibility index (Phi) is 4.17. The topological polar surface area (TPSA) is 104 Å². The van der Waals surface area contributed by atoms with Crippen molar-refractivity contribution in [3.8, 4) is 6.07 Å². The molecule has 1 rings (SSSR count). The summed E-state index contributed by atoms with van der Waals surface area (Å²) in [7, 11) is 1.49. The van der Waals surface area contributed by atoms with E-state index in [2.05, 4.69) is 10.3 Å². The summed E-state index contributed by atoms with van der Waals surface area (Å²) < 4.78 is 6.24. The molecule has 1 aromatic rings. The lowest BCUT2D eigenvalue weighted by Crippen LogP contribution is -2.22. The Morgan fingerprint density at radius 3 is 2.93 bits per heavy atom. The van der Waals surface area contributed by atoms with Crippen LogP contribution in [-0.4, -0.2) is 45.0 Å². The van der Waals surface area contributed by atoms with Crippen molar-refractivity contribution < 1.29 is 14.9 Å². The normalized spacial score (nSPS) is 12.4. The summed E-state index contributed by atoms with van der Waals surface area (Å²) in [6, 6.07) is 1.87. The molecule has 7 nitrogen and oxygen atoms in total. The smallest absolute Gasteiger partial charge is 0.188 e. The molecule has 0 spiro atoms. The molecule has 1 aromatic heterocycles. The van der Waals surface area contributed by atoms with Gasteiger partial charge in [-0.2, -0.15) is 5.26 Å². The lowest BCUT2D eigenvalue weighted by atomic mass is 10.3. The molecule has 0 aliphatic carbocycles. The molecule has 0 aliphatic heterocycles. The maximum Gasteiger partial charge on any atom is 0.188 e. The molecule has 1 heterocycles. The number of nitriles is 1. The van der Waals surface area contributed by atoms with Gasteiger partial charge in [0.05, 0.1) is 25.9 Å². The summed E-state index contributed by atoms with van der Waals surface area (Å²) in [4.78, 5) is 0. The minimum atomic E-state index is -0.922. The fourth-order valence-electron chi connectivity index (χ4n) is 1.10. The Hall–Kier alpha value is -1.49. The molecule has 0 bridgehead atoms. The van der Waals surface area contributed by atoms with E-state index in [9.17, 15) is 5.11 Å². The van der Waals surface area contributed by atoms with Crippen LogP contribution in [0.2, 0.25) is 0 Å². The molecule has 15 heavy (non-hydrogen) atoms. The number of aliphatic hydroxyl groups excluding tert-OH is 2. The van der Waals surface area contributed by atoms with Gasteiger partial charge in [-0.25, -0.2) is 4.68 Å². The zero-order valence-corrected chi connectivity index (χ0v) is 8.29. The van der Waals surface area contributed by atoms with Gasteiger partial charge in [0.25, 0.3) is 0 Å². The second kappa shape index (κ2) is 5.41. The predicted molar refractivity (Wildman–Crippen MR) is 48.5 cm³/mol. The second-order valence-corrected chi connectivity index (χ2v) is 2.95. The monoisotopic (exact) mass is 212 g/mol. The van der Waals surface area contributed by atoms with Crippen LogP contribution < -0.4 is 0 Å². The number of aliphatic hydroxyl groups is 2. The highest BCUT2D eigenvalue weighted by molar-refractivity contribution is 5.23. The molecule has 0 fully saturated rings. The van der Waals surface area contributed by atoms with Gasteiger partial charge in [-0.3, -0.25) is 0 Å². The average molecular weight is 212 g/mol. The van der Waals surface area contributed by atoms with E-state index in [0.29, 0.717) is 5.69 Å². The molecule has 0 amide bonds. The van der Waals surface area contributed by atoms with E-state index in [1.54, 1.807) is 0 Å². The van der Waals surface area contributed by atoms with Crippen LogP contribution in [0.15, 0.2) is 0 Å². The Bertz CT molecular complexity index is 357. The zero-order chi connectivity index (χ0) is 11.3. The van der Waals surface area contributed by atoms with Crippen molar-refractivity contribution in [1.29, 1.82) is 5.26 Å². The van der Waals surface area contributed by atoms with Crippen LogP contribution in [0.1, 0.15) is 11.4 Å². The number of hydrogen-bond acceptors (Lipinski definition) is 6. The molecule has 0 aromatic carbocycles. The zero-order valence-electron chi connectivity index (χ0n) is 8.29. The Morgan fingerprint density at radius 2 is 2.40 bits per heavy atom. The van der Waals surface area contributed by atoms with Gasteiger partial charge in [0.15, 0.2) is 5.69 Å². The fourth-order valence-corrected chi connectivity index (χ4v) is 1.10. The van der Waals surface area contributed by atoms with E-state index in [4.69, 9.17) is 15.1 Å². The number of aromatic nitrogens is 3. The van der Waals surface area contributed by atoms with Gasteiger partial charge >= 0.3 is 0 Å². The summed E-state index contributed by atoms with van der Waals surface area (Å²) in [5.41, 5.74) is 0.662. The molecule has 1 unspecified atom stereocenters. The van der Waals surface area contributed by atoms with Crippen molar-refractivity contribution in [2.45, 2.75) is 19.3 Å². The van der Waals surface area contributed by atoms with Crippen molar-refractivity contribution in [2.24, 2.45) is 0 Å². The van der Waals surface area contributed by atoms with Crippen LogP contribution in [0.4, 0.5) is 0 Å². The molecule has 2 N–H and O–H groups in total. The van der Waals surface area contributed by atoms with E-state index in [1.165, 1.54) is 11.8 Å². The molecule has 1 atom stereocenters. The van der Waals surface area contributed by atoms with Crippen LogP contribution in [0, 0.1) is 11.3 Å². The minimum absolute atomic E-state index is 0.0872. The van der Waals surface area contributed by atoms with Gasteiger partial charge in [-0.15, -0.1) is 5.10 Å². The summed E-state index contributed by atoms with van der Waals surface area (Å²) in [5, 5.41) is 33.9. The van der Waals surface area contributed by atoms with Gasteiger partial charge in [0.2, 0.25) is 0 Å². The third kappa shape index (κ3) is 2.73. The molecule has 0 saturated heterocycles. The molecule has 0 radical (unpaired) electrons. The molecular weight excluding hydrogens is 200 g/mol. The molecule has 7 heteroatoms. The third-order valence-corrected chi connectivity index (χ3v) is 1.82. The Balaban J connectivity index is 2.87. The first-order chi connectivity index (χ1) is 7.22. The summed E-state index contributed by atoms with van der Waals surface area (Å²) >= 11 is 0. The van der Waals surface area contributed by atoms with Crippen molar-refractivity contribution in [3.05, 3.63) is 11.4 Å². The van der Waals surface area contributed by atoms with Crippen molar-refractivity contribution >= 4 is 0 Å². The van der Waals surface area contributed by atoms with Crippen LogP contribution in [-0.2, 0) is 17.9 Å². The van der Waals surface area contributed by atoms with E-state index < -0.39 is 6.10 Å². The average Bonchev–Trinajstić information content (AvgIpc) is 2.61. The van der Waals surface area contributed by atoms with Gasteiger partial charge in [0.1, 0.15) is 11.8 Å². The fraction of sp³-hybridized carbons (Fsp3) is 0.625. The van der Waals surface area contributed by atoms with Crippen LogP contribution in [0.25, 0.3) is 0 Å². The lowest BCUT2D eigenvalue weighted by Gasteiger charge is -2.09. The Morgan fingerprint density at radius 1 is 1.67 bits per heavy atom. The number of nitrogens with zero attached hydrogens (tertiary/aromatic N) is 4. The van der Waals surface area contributed by atoms with E-state index in [-0.39, 0.29) is 25.5 Å². The first-order valence-corrected chi connectivity index (χ1v) is 4.33. The minimum Gasteiger partial charge on any atom is -0.394 e. The summed E-state index contributed by atoms with van der Waals surface area (Å²) in [6.07, 6.45) is -0.922. The van der Waals surface area contributed by atoms with Gasteiger partial charge in [-0.05, 0) is 0 Å². The van der Waals surface area contributed by atoms with Crippen molar-refractivity contribution in [3.63, 3.8) is 0 Å². The summed E-state index contributed by atoms with van der Waals surface area (Å²) in [6.45, 7) is -0.0912. The van der Waals surface area contributed by atoms with Crippen LogP contribution in [0.3, 0.4) is 0 Å². The van der Waals surface area contributed by atoms with Crippen molar-refractivity contribution in [1.82, 2.24) is 15.0 Å². The Labute approximate surface area is 86.5 Å². The standard InChI is InChI=1S/C8H12N4O3/c1-15-5-8-7(2-9)10-11-12(8)3-6(14)4-13/h6,13-14H,3-5H2,1H3. The van der Waals surface area contributed by atoms with E-state index in [0.717, 1.165) is 0 Å².